The minimum atomic E-state index is -0.381. The fraction of sp³-hybridized carbons (Fsp3) is 0.250. The standard InChI is InChI=1S/C20H20N2O3S/c1-12-8-9-15(14(3)10-12)19(24)21-20-22(11-17(23)25-4)18-13(2)6-5-7-16(18)26-20/h5-10H,11H2,1-4H3. The predicted molar refractivity (Wildman–Crippen MR) is 102 cm³/mol. The molecule has 0 spiro atoms. The van der Waals surface area contributed by atoms with E-state index in [0.29, 0.717) is 10.4 Å². The van der Waals surface area contributed by atoms with Crippen molar-refractivity contribution in [3.63, 3.8) is 0 Å². The van der Waals surface area contributed by atoms with Crippen molar-refractivity contribution < 1.29 is 14.3 Å². The van der Waals surface area contributed by atoms with Crippen molar-refractivity contribution in [3.05, 3.63) is 63.5 Å². The van der Waals surface area contributed by atoms with E-state index in [1.54, 1.807) is 10.6 Å². The number of ether oxygens (including phenoxy) is 1. The maximum Gasteiger partial charge on any atom is 0.325 e. The molecule has 0 fully saturated rings. The minimum absolute atomic E-state index is 0.0142. The third-order valence-electron chi connectivity index (χ3n) is 4.23. The van der Waals surface area contributed by atoms with E-state index in [9.17, 15) is 9.59 Å². The number of rotatable bonds is 3. The molecule has 0 N–H and O–H groups in total. The van der Waals surface area contributed by atoms with Crippen molar-refractivity contribution in [2.24, 2.45) is 4.99 Å². The summed E-state index contributed by atoms with van der Waals surface area (Å²) in [5, 5.41) is 0. The lowest BCUT2D eigenvalue weighted by Gasteiger charge is -2.06. The molecule has 6 heteroatoms. The number of aromatic nitrogens is 1. The molecule has 0 saturated heterocycles. The van der Waals surface area contributed by atoms with E-state index >= 15 is 0 Å². The van der Waals surface area contributed by atoms with Gasteiger partial charge < -0.3 is 9.30 Å². The second-order valence-electron chi connectivity index (χ2n) is 6.20. The topological polar surface area (TPSA) is 60.7 Å². The third-order valence-corrected chi connectivity index (χ3v) is 5.27. The number of thiazole rings is 1. The molecular weight excluding hydrogens is 348 g/mol. The highest BCUT2D eigenvalue weighted by Crippen LogP contribution is 2.21. The van der Waals surface area contributed by atoms with Crippen LogP contribution >= 0.6 is 11.3 Å². The Hall–Kier alpha value is -2.73. The number of amides is 1. The van der Waals surface area contributed by atoms with E-state index in [2.05, 4.69) is 4.99 Å². The molecule has 0 aliphatic carbocycles. The number of nitrogens with zero attached hydrogens (tertiary/aromatic N) is 2. The summed E-state index contributed by atoms with van der Waals surface area (Å²) >= 11 is 1.39. The quantitative estimate of drug-likeness (QED) is 0.664. The maximum atomic E-state index is 12.7. The fourth-order valence-corrected chi connectivity index (χ4v) is 4.04. The van der Waals surface area contributed by atoms with E-state index in [1.807, 2.05) is 51.1 Å². The average Bonchev–Trinajstić information content (AvgIpc) is 2.93. The van der Waals surface area contributed by atoms with Gasteiger partial charge in [0.2, 0.25) is 0 Å². The van der Waals surface area contributed by atoms with E-state index in [1.165, 1.54) is 18.4 Å². The molecule has 0 unspecified atom stereocenters. The second kappa shape index (κ2) is 7.25. The van der Waals surface area contributed by atoms with Crippen LogP contribution in [0.15, 0.2) is 41.4 Å². The number of para-hydroxylation sites is 1. The van der Waals surface area contributed by atoms with Gasteiger partial charge in [-0.1, -0.05) is 41.2 Å². The first-order valence-electron chi connectivity index (χ1n) is 8.23. The first kappa shape index (κ1) is 18.1. The molecule has 5 nitrogen and oxygen atoms in total. The zero-order chi connectivity index (χ0) is 18.8. The van der Waals surface area contributed by atoms with Gasteiger partial charge in [-0.05, 0) is 44.0 Å². The number of aryl methyl sites for hydroxylation is 3. The van der Waals surface area contributed by atoms with Gasteiger partial charge in [0.05, 0.1) is 17.3 Å². The highest BCUT2D eigenvalue weighted by atomic mass is 32.1. The lowest BCUT2D eigenvalue weighted by molar-refractivity contribution is -0.141. The summed E-state index contributed by atoms with van der Waals surface area (Å²) in [4.78, 5) is 29.4. The van der Waals surface area contributed by atoms with Crippen molar-refractivity contribution in [3.8, 4) is 0 Å². The molecule has 0 bridgehead atoms. The Morgan fingerprint density at radius 1 is 1.12 bits per heavy atom. The van der Waals surface area contributed by atoms with Crippen LogP contribution in [-0.4, -0.2) is 23.6 Å². The van der Waals surface area contributed by atoms with Gasteiger partial charge in [-0.3, -0.25) is 9.59 Å². The smallest absolute Gasteiger partial charge is 0.325 e. The normalized spacial score (nSPS) is 11.8. The summed E-state index contributed by atoms with van der Waals surface area (Å²) in [6, 6.07) is 11.5. The number of esters is 1. The maximum absolute atomic E-state index is 12.7. The number of hydrogen-bond donors (Lipinski definition) is 0. The van der Waals surface area contributed by atoms with E-state index in [-0.39, 0.29) is 18.4 Å². The molecule has 0 aliphatic heterocycles. The molecule has 26 heavy (non-hydrogen) atoms. The SMILES string of the molecule is COC(=O)Cn1c(=NC(=O)c2ccc(C)cc2C)sc2cccc(C)c21. The van der Waals surface area contributed by atoms with E-state index in [0.717, 1.165) is 26.9 Å². The molecule has 3 rings (SSSR count). The monoisotopic (exact) mass is 368 g/mol. The summed E-state index contributed by atoms with van der Waals surface area (Å²) in [6.45, 7) is 5.86. The van der Waals surface area contributed by atoms with Crippen LogP contribution < -0.4 is 4.80 Å². The predicted octanol–water partition coefficient (Wildman–Crippen LogP) is 3.54. The van der Waals surface area contributed by atoms with Crippen LogP contribution in [0.1, 0.15) is 27.0 Å². The first-order chi connectivity index (χ1) is 12.4. The van der Waals surface area contributed by atoms with Crippen molar-refractivity contribution in [1.82, 2.24) is 4.57 Å². The third kappa shape index (κ3) is 3.46. The molecule has 3 aromatic rings. The molecule has 134 valence electrons. The summed E-state index contributed by atoms with van der Waals surface area (Å²) in [5.74, 6) is -0.696. The van der Waals surface area contributed by atoms with Gasteiger partial charge in [0.15, 0.2) is 4.80 Å². The van der Waals surface area contributed by atoms with Crippen molar-refractivity contribution in [2.75, 3.05) is 7.11 Å². The van der Waals surface area contributed by atoms with Gasteiger partial charge in [0, 0.05) is 5.56 Å². The highest BCUT2D eigenvalue weighted by molar-refractivity contribution is 7.16. The lowest BCUT2D eigenvalue weighted by atomic mass is 10.1. The first-order valence-corrected chi connectivity index (χ1v) is 9.04. The van der Waals surface area contributed by atoms with Crippen LogP contribution in [0.3, 0.4) is 0 Å². The number of carbonyl (C=O) groups excluding carboxylic acids is 2. The number of methoxy groups -OCH3 is 1. The highest BCUT2D eigenvalue weighted by Gasteiger charge is 2.14. The average molecular weight is 368 g/mol. The Morgan fingerprint density at radius 2 is 1.88 bits per heavy atom. The van der Waals surface area contributed by atoms with Gasteiger partial charge >= 0.3 is 5.97 Å². The number of carbonyl (C=O) groups is 2. The minimum Gasteiger partial charge on any atom is -0.468 e. The van der Waals surface area contributed by atoms with E-state index < -0.39 is 0 Å². The van der Waals surface area contributed by atoms with Crippen LogP contribution in [-0.2, 0) is 16.1 Å². The van der Waals surface area contributed by atoms with E-state index in [4.69, 9.17) is 4.74 Å². The number of hydrogen-bond acceptors (Lipinski definition) is 4. The molecule has 0 saturated carbocycles. The van der Waals surface area contributed by atoms with Crippen molar-refractivity contribution in [2.45, 2.75) is 27.3 Å². The Kier molecular flexibility index (Phi) is 5.04. The Morgan fingerprint density at radius 3 is 2.58 bits per heavy atom. The van der Waals surface area contributed by atoms with Crippen molar-refractivity contribution >= 4 is 33.4 Å². The van der Waals surface area contributed by atoms with Gasteiger partial charge in [-0.25, -0.2) is 0 Å². The van der Waals surface area contributed by atoms with Crippen LogP contribution in [0, 0.1) is 20.8 Å². The summed E-state index contributed by atoms with van der Waals surface area (Å²) < 4.78 is 7.53. The Bertz CT molecular complexity index is 1080. The molecule has 0 radical (unpaired) electrons. The largest absolute Gasteiger partial charge is 0.468 e. The molecule has 0 atom stereocenters. The van der Waals surface area contributed by atoms with Gasteiger partial charge in [0.25, 0.3) is 5.91 Å². The van der Waals surface area contributed by atoms with Gasteiger partial charge in [-0.2, -0.15) is 4.99 Å². The molecule has 0 aliphatic rings. The Labute approximate surface area is 155 Å². The number of fused-ring (bicyclic) bond motifs is 1. The lowest BCUT2D eigenvalue weighted by Crippen LogP contribution is -2.22. The van der Waals surface area contributed by atoms with Crippen LogP contribution in [0.4, 0.5) is 0 Å². The zero-order valence-corrected chi connectivity index (χ0v) is 16.0. The van der Waals surface area contributed by atoms with Gasteiger partial charge in [-0.15, -0.1) is 0 Å². The number of benzene rings is 2. The van der Waals surface area contributed by atoms with Crippen LogP contribution in [0.25, 0.3) is 10.2 Å². The fourth-order valence-electron chi connectivity index (χ4n) is 2.93. The summed E-state index contributed by atoms with van der Waals surface area (Å²) in [5.41, 5.74) is 4.46. The van der Waals surface area contributed by atoms with Crippen LogP contribution in [0.2, 0.25) is 0 Å². The molecule has 1 amide bonds. The van der Waals surface area contributed by atoms with Gasteiger partial charge in [0.1, 0.15) is 6.54 Å². The molecule has 1 heterocycles. The van der Waals surface area contributed by atoms with Crippen molar-refractivity contribution in [1.29, 1.82) is 0 Å². The molecule has 1 aromatic heterocycles. The second-order valence-corrected chi connectivity index (χ2v) is 7.21. The zero-order valence-electron chi connectivity index (χ0n) is 15.2. The molecule has 2 aromatic carbocycles. The van der Waals surface area contributed by atoms with Crippen LogP contribution in [0.5, 0.6) is 0 Å². The Balaban J connectivity index is 2.18. The molecular formula is C20H20N2O3S. The summed E-state index contributed by atoms with van der Waals surface area (Å²) in [6.07, 6.45) is 0. The summed E-state index contributed by atoms with van der Waals surface area (Å²) in [7, 11) is 1.35.